The maximum Gasteiger partial charge on any atom is 0.173 e. The Morgan fingerprint density at radius 1 is 0.778 bits per heavy atom. The van der Waals surface area contributed by atoms with Gasteiger partial charge in [0.2, 0.25) is 0 Å². The molecule has 1 saturated heterocycles. The predicted molar refractivity (Wildman–Crippen MR) is 144 cm³/mol. The first-order chi connectivity index (χ1) is 17.7. The van der Waals surface area contributed by atoms with Crippen LogP contribution in [-0.4, -0.2) is 70.3 Å². The Kier molecular flexibility index (Phi) is 7.69. The minimum absolute atomic E-state index is 0.0193. The molecule has 1 aliphatic heterocycles. The molecular formula is C29H35N7. The van der Waals surface area contributed by atoms with E-state index < -0.39 is 0 Å². The number of hydrogen-bond acceptors (Lipinski definition) is 6. The average Bonchev–Trinajstić information content (AvgIpc) is 3.38. The molecule has 4 aromatic rings. The molecule has 1 aliphatic rings. The molecule has 7 heteroatoms. The van der Waals surface area contributed by atoms with E-state index in [1.165, 1.54) is 22.4 Å². The Balaban J connectivity index is 1.36. The number of anilines is 1. The van der Waals surface area contributed by atoms with Gasteiger partial charge in [-0.15, -0.1) is 5.10 Å². The van der Waals surface area contributed by atoms with Crippen LogP contribution in [0.5, 0.6) is 0 Å². The van der Waals surface area contributed by atoms with Crippen LogP contribution in [0, 0.1) is 0 Å². The zero-order chi connectivity index (χ0) is 24.7. The van der Waals surface area contributed by atoms with Crippen LogP contribution < -0.4 is 4.90 Å². The molecule has 0 N–H and O–H groups in total. The summed E-state index contributed by atoms with van der Waals surface area (Å²) in [6, 6.07) is 30.1. The van der Waals surface area contributed by atoms with Crippen molar-refractivity contribution in [2.45, 2.75) is 25.6 Å². The first-order valence-electron chi connectivity index (χ1n) is 12.7. The Hall–Kier alpha value is -3.55. The first kappa shape index (κ1) is 24.2. The number of nitrogens with zero attached hydrogens (tertiary/aromatic N) is 7. The Bertz CT molecular complexity index is 1200. The molecule has 0 amide bonds. The third kappa shape index (κ3) is 5.80. The van der Waals surface area contributed by atoms with Crippen molar-refractivity contribution in [3.8, 4) is 0 Å². The number of tetrazole rings is 1. The van der Waals surface area contributed by atoms with E-state index in [0.717, 1.165) is 51.5 Å². The van der Waals surface area contributed by atoms with Crippen LogP contribution in [-0.2, 0) is 19.5 Å². The fraction of sp³-hybridized carbons (Fsp3) is 0.345. The molecule has 0 radical (unpaired) electrons. The minimum Gasteiger partial charge on any atom is -0.378 e. The van der Waals surface area contributed by atoms with Crippen LogP contribution in [0.25, 0.3) is 0 Å². The number of benzene rings is 3. The summed E-state index contributed by atoms with van der Waals surface area (Å²) in [4.78, 5) is 7.21. The van der Waals surface area contributed by atoms with Crippen LogP contribution in [0.3, 0.4) is 0 Å². The number of aryl methyl sites for hydroxylation is 2. The number of rotatable bonds is 9. The standard InChI is InChI=1S/C29H35N7/c1-33(2)27-15-13-26(14-16-27)28(29-30-31-32-36(29)18-17-24-9-5-3-6-10-24)35-21-19-34(20-22-35)23-25-11-7-4-8-12-25/h3-16,28H,17-23H2,1-2H3. The lowest BCUT2D eigenvalue weighted by Gasteiger charge is -2.39. The Morgan fingerprint density at radius 3 is 2.06 bits per heavy atom. The van der Waals surface area contributed by atoms with Crippen LogP contribution in [0.1, 0.15) is 28.6 Å². The molecule has 36 heavy (non-hydrogen) atoms. The number of aromatic nitrogens is 4. The Morgan fingerprint density at radius 2 is 1.42 bits per heavy atom. The van der Waals surface area contributed by atoms with E-state index in [4.69, 9.17) is 0 Å². The summed E-state index contributed by atoms with van der Waals surface area (Å²) in [7, 11) is 4.14. The molecule has 2 heterocycles. The van der Waals surface area contributed by atoms with Crippen molar-refractivity contribution in [3.63, 3.8) is 0 Å². The molecule has 7 nitrogen and oxygen atoms in total. The van der Waals surface area contributed by atoms with Crippen LogP contribution in [0.2, 0.25) is 0 Å². The van der Waals surface area contributed by atoms with Crippen LogP contribution in [0.15, 0.2) is 84.9 Å². The van der Waals surface area contributed by atoms with Crippen molar-refractivity contribution < 1.29 is 0 Å². The van der Waals surface area contributed by atoms with E-state index in [-0.39, 0.29) is 6.04 Å². The average molecular weight is 482 g/mol. The van der Waals surface area contributed by atoms with Crippen LogP contribution in [0.4, 0.5) is 5.69 Å². The molecule has 0 bridgehead atoms. The molecule has 1 atom stereocenters. The van der Waals surface area contributed by atoms with Gasteiger partial charge in [0.05, 0.1) is 6.04 Å². The van der Waals surface area contributed by atoms with E-state index in [9.17, 15) is 0 Å². The van der Waals surface area contributed by atoms with E-state index in [1.54, 1.807) is 0 Å². The molecule has 1 fully saturated rings. The van der Waals surface area contributed by atoms with E-state index >= 15 is 0 Å². The monoisotopic (exact) mass is 481 g/mol. The van der Waals surface area contributed by atoms with Crippen LogP contribution >= 0.6 is 0 Å². The third-order valence-corrected chi connectivity index (χ3v) is 7.01. The third-order valence-electron chi connectivity index (χ3n) is 7.01. The van der Waals surface area contributed by atoms with E-state index in [1.807, 2.05) is 4.68 Å². The lowest BCUT2D eigenvalue weighted by atomic mass is 10.0. The topological polar surface area (TPSA) is 53.3 Å². The number of piperazine rings is 1. The zero-order valence-electron chi connectivity index (χ0n) is 21.2. The fourth-order valence-corrected chi connectivity index (χ4v) is 4.95. The maximum atomic E-state index is 4.56. The highest BCUT2D eigenvalue weighted by molar-refractivity contribution is 5.47. The number of hydrogen-bond donors (Lipinski definition) is 0. The summed E-state index contributed by atoms with van der Waals surface area (Å²) in [5.41, 5.74) is 5.08. The molecule has 1 unspecified atom stereocenters. The summed E-state index contributed by atoms with van der Waals surface area (Å²) < 4.78 is 1.99. The van der Waals surface area contributed by atoms with Gasteiger partial charge in [0, 0.05) is 59.1 Å². The smallest absolute Gasteiger partial charge is 0.173 e. The first-order valence-corrected chi connectivity index (χ1v) is 12.7. The van der Waals surface area contributed by atoms with Gasteiger partial charge in [-0.05, 0) is 45.7 Å². The van der Waals surface area contributed by atoms with Gasteiger partial charge in [-0.3, -0.25) is 9.80 Å². The lowest BCUT2D eigenvalue weighted by Crippen LogP contribution is -2.48. The van der Waals surface area contributed by atoms with Gasteiger partial charge >= 0.3 is 0 Å². The molecule has 0 aliphatic carbocycles. The zero-order valence-corrected chi connectivity index (χ0v) is 21.2. The van der Waals surface area contributed by atoms with Crippen molar-refractivity contribution in [3.05, 3.63) is 107 Å². The predicted octanol–water partition coefficient (Wildman–Crippen LogP) is 3.89. The second-order valence-corrected chi connectivity index (χ2v) is 9.68. The second-order valence-electron chi connectivity index (χ2n) is 9.68. The summed E-state index contributed by atoms with van der Waals surface area (Å²) in [6.07, 6.45) is 0.899. The highest BCUT2D eigenvalue weighted by Crippen LogP contribution is 2.30. The van der Waals surface area contributed by atoms with Gasteiger partial charge in [-0.2, -0.15) is 0 Å². The van der Waals surface area contributed by atoms with Gasteiger partial charge in [0.1, 0.15) is 0 Å². The fourth-order valence-electron chi connectivity index (χ4n) is 4.95. The summed E-state index contributed by atoms with van der Waals surface area (Å²) in [5.74, 6) is 0.917. The molecular weight excluding hydrogens is 446 g/mol. The molecule has 3 aromatic carbocycles. The van der Waals surface area contributed by atoms with Crippen molar-refractivity contribution >= 4 is 5.69 Å². The molecule has 5 rings (SSSR count). The molecule has 0 spiro atoms. The van der Waals surface area contributed by atoms with Gasteiger partial charge in [0.25, 0.3) is 0 Å². The van der Waals surface area contributed by atoms with Gasteiger partial charge in [-0.1, -0.05) is 72.8 Å². The van der Waals surface area contributed by atoms with E-state index in [2.05, 4.69) is 129 Å². The van der Waals surface area contributed by atoms with Gasteiger partial charge < -0.3 is 4.90 Å². The SMILES string of the molecule is CN(C)c1ccc(C(c2nnnn2CCc2ccccc2)N2CCN(Cc3ccccc3)CC2)cc1. The second kappa shape index (κ2) is 11.5. The molecule has 1 aromatic heterocycles. The minimum atomic E-state index is 0.0193. The van der Waals surface area contributed by atoms with Gasteiger partial charge in [-0.25, -0.2) is 4.68 Å². The normalized spacial score (nSPS) is 15.6. The van der Waals surface area contributed by atoms with E-state index in [0.29, 0.717) is 0 Å². The lowest BCUT2D eigenvalue weighted by molar-refractivity contribution is 0.100. The summed E-state index contributed by atoms with van der Waals surface area (Å²) in [6.45, 7) is 5.73. The maximum absolute atomic E-state index is 4.56. The van der Waals surface area contributed by atoms with Crippen molar-refractivity contribution in [2.24, 2.45) is 0 Å². The van der Waals surface area contributed by atoms with Crippen molar-refractivity contribution in [1.82, 2.24) is 30.0 Å². The van der Waals surface area contributed by atoms with Gasteiger partial charge in [0.15, 0.2) is 5.82 Å². The Labute approximate surface area is 214 Å². The highest BCUT2D eigenvalue weighted by Gasteiger charge is 2.30. The molecule has 0 saturated carbocycles. The molecule has 186 valence electrons. The summed E-state index contributed by atoms with van der Waals surface area (Å²) in [5, 5.41) is 13.1. The highest BCUT2D eigenvalue weighted by atomic mass is 15.6. The largest absolute Gasteiger partial charge is 0.378 e. The van der Waals surface area contributed by atoms with Crippen molar-refractivity contribution in [2.75, 3.05) is 45.2 Å². The quantitative estimate of drug-likeness (QED) is 0.362. The summed E-state index contributed by atoms with van der Waals surface area (Å²) >= 11 is 0. The van der Waals surface area contributed by atoms with Crippen molar-refractivity contribution in [1.29, 1.82) is 0 Å².